The van der Waals surface area contributed by atoms with Crippen LogP contribution in [0.2, 0.25) is 0 Å². The predicted octanol–water partition coefficient (Wildman–Crippen LogP) is 2.07. The first-order valence-electron chi connectivity index (χ1n) is 4.54. The zero-order chi connectivity index (χ0) is 11.7. The van der Waals surface area contributed by atoms with Gasteiger partial charge in [0.15, 0.2) is 0 Å². The van der Waals surface area contributed by atoms with Gasteiger partial charge in [0.05, 0.1) is 0 Å². The lowest BCUT2D eigenvalue weighted by atomic mass is 10.2. The first-order valence-corrected chi connectivity index (χ1v) is 4.54. The third kappa shape index (κ3) is 2.06. The molecule has 84 valence electrons. The summed E-state index contributed by atoms with van der Waals surface area (Å²) >= 11 is 0. The maximum Gasteiger partial charge on any atom is 0.255 e. The molecule has 0 aliphatic heterocycles. The summed E-state index contributed by atoms with van der Waals surface area (Å²) < 4.78 is 30.5. The van der Waals surface area contributed by atoms with E-state index in [1.807, 2.05) is 0 Å². The molecule has 0 amide bonds. The summed E-state index contributed by atoms with van der Waals surface area (Å²) in [4.78, 5) is 3.80. The van der Waals surface area contributed by atoms with Gasteiger partial charge in [-0.05, 0) is 19.1 Å². The van der Waals surface area contributed by atoms with Gasteiger partial charge in [0.25, 0.3) is 5.89 Å². The van der Waals surface area contributed by atoms with Crippen LogP contribution in [0.5, 0.6) is 0 Å². The van der Waals surface area contributed by atoms with Gasteiger partial charge in [-0.1, -0.05) is 5.16 Å². The molecule has 0 bridgehead atoms. The van der Waals surface area contributed by atoms with Crippen molar-refractivity contribution in [3.8, 4) is 11.4 Å². The second kappa shape index (κ2) is 3.97. The lowest BCUT2D eigenvalue weighted by Gasteiger charge is -1.95. The molecule has 1 heterocycles. The van der Waals surface area contributed by atoms with Gasteiger partial charge in [-0.3, -0.25) is 0 Å². The van der Waals surface area contributed by atoms with Crippen LogP contribution in [0.1, 0.15) is 18.9 Å². The van der Waals surface area contributed by atoms with Gasteiger partial charge in [0, 0.05) is 11.6 Å². The van der Waals surface area contributed by atoms with Gasteiger partial charge in [-0.25, -0.2) is 8.78 Å². The van der Waals surface area contributed by atoms with E-state index in [2.05, 4.69) is 10.1 Å². The number of aromatic nitrogens is 2. The summed E-state index contributed by atoms with van der Waals surface area (Å²) in [6.07, 6.45) is -0.917. The molecular weight excluding hydrogens is 218 g/mol. The van der Waals surface area contributed by atoms with Crippen molar-refractivity contribution in [2.75, 3.05) is 0 Å². The molecule has 1 unspecified atom stereocenters. The van der Waals surface area contributed by atoms with Crippen molar-refractivity contribution in [1.82, 2.24) is 10.1 Å². The number of nitrogens with zero attached hydrogens (tertiary/aromatic N) is 2. The van der Waals surface area contributed by atoms with E-state index in [4.69, 9.17) is 9.63 Å². The highest BCUT2D eigenvalue weighted by molar-refractivity contribution is 5.54. The average molecular weight is 226 g/mol. The smallest absolute Gasteiger partial charge is 0.255 e. The SMILES string of the molecule is CC(O)c1nc(-c2cc(F)cc(F)c2)no1. The molecule has 2 rings (SSSR count). The van der Waals surface area contributed by atoms with E-state index < -0.39 is 17.7 Å². The normalized spacial score (nSPS) is 12.8. The number of halogens is 2. The Morgan fingerprint density at radius 3 is 2.38 bits per heavy atom. The molecular formula is C10H8F2N2O2. The highest BCUT2D eigenvalue weighted by atomic mass is 19.1. The average Bonchev–Trinajstić information content (AvgIpc) is 2.64. The maximum absolute atomic E-state index is 12.9. The van der Waals surface area contributed by atoms with Gasteiger partial charge in [-0.2, -0.15) is 4.98 Å². The molecule has 0 spiro atoms. The Hall–Kier alpha value is -1.82. The Kier molecular flexibility index (Phi) is 2.66. The summed E-state index contributed by atoms with van der Waals surface area (Å²) in [5, 5.41) is 12.7. The zero-order valence-electron chi connectivity index (χ0n) is 8.32. The van der Waals surface area contributed by atoms with Crippen LogP contribution in [-0.4, -0.2) is 15.2 Å². The van der Waals surface area contributed by atoms with Gasteiger partial charge in [0.2, 0.25) is 5.82 Å². The quantitative estimate of drug-likeness (QED) is 0.851. The molecule has 0 aliphatic rings. The van der Waals surface area contributed by atoms with Crippen molar-refractivity contribution in [2.45, 2.75) is 13.0 Å². The highest BCUT2D eigenvalue weighted by Gasteiger charge is 2.13. The Bertz CT molecular complexity index is 491. The van der Waals surface area contributed by atoms with E-state index in [9.17, 15) is 8.78 Å². The fraction of sp³-hybridized carbons (Fsp3) is 0.200. The Balaban J connectivity index is 2.42. The van der Waals surface area contributed by atoms with Crippen molar-refractivity contribution in [3.63, 3.8) is 0 Å². The van der Waals surface area contributed by atoms with Crippen LogP contribution in [0.4, 0.5) is 8.78 Å². The van der Waals surface area contributed by atoms with E-state index >= 15 is 0 Å². The van der Waals surface area contributed by atoms with Crippen LogP contribution in [0.3, 0.4) is 0 Å². The predicted molar refractivity (Wildman–Crippen MR) is 50.3 cm³/mol. The molecule has 0 aliphatic carbocycles. The Morgan fingerprint density at radius 1 is 1.25 bits per heavy atom. The van der Waals surface area contributed by atoms with Gasteiger partial charge < -0.3 is 9.63 Å². The summed E-state index contributed by atoms with van der Waals surface area (Å²) in [5.41, 5.74) is 0.160. The summed E-state index contributed by atoms with van der Waals surface area (Å²) in [6, 6.07) is 2.92. The monoisotopic (exact) mass is 226 g/mol. The fourth-order valence-electron chi connectivity index (χ4n) is 1.21. The molecule has 0 radical (unpaired) electrons. The number of aliphatic hydroxyl groups is 1. The largest absolute Gasteiger partial charge is 0.384 e. The van der Waals surface area contributed by atoms with E-state index in [1.54, 1.807) is 0 Å². The molecule has 2 aromatic rings. The molecule has 0 saturated carbocycles. The highest BCUT2D eigenvalue weighted by Crippen LogP contribution is 2.20. The van der Waals surface area contributed by atoms with Gasteiger partial charge in [-0.15, -0.1) is 0 Å². The molecule has 1 aromatic carbocycles. The second-order valence-corrected chi connectivity index (χ2v) is 3.29. The number of rotatable bonds is 2. The third-order valence-electron chi connectivity index (χ3n) is 1.92. The van der Waals surface area contributed by atoms with E-state index in [0.717, 1.165) is 18.2 Å². The van der Waals surface area contributed by atoms with Gasteiger partial charge >= 0.3 is 0 Å². The molecule has 4 nitrogen and oxygen atoms in total. The van der Waals surface area contributed by atoms with Crippen LogP contribution in [-0.2, 0) is 0 Å². The van der Waals surface area contributed by atoms with Crippen molar-refractivity contribution in [2.24, 2.45) is 0 Å². The Labute approximate surface area is 89.5 Å². The van der Waals surface area contributed by atoms with Crippen LogP contribution in [0.25, 0.3) is 11.4 Å². The van der Waals surface area contributed by atoms with Crippen molar-refractivity contribution in [1.29, 1.82) is 0 Å². The van der Waals surface area contributed by atoms with Crippen LogP contribution in [0, 0.1) is 11.6 Å². The minimum absolute atomic E-state index is 0.000306. The van der Waals surface area contributed by atoms with Gasteiger partial charge in [0.1, 0.15) is 17.7 Å². The third-order valence-corrected chi connectivity index (χ3v) is 1.92. The van der Waals surface area contributed by atoms with Crippen molar-refractivity contribution >= 4 is 0 Å². The topological polar surface area (TPSA) is 59.2 Å². The van der Waals surface area contributed by atoms with Crippen molar-refractivity contribution in [3.05, 3.63) is 35.7 Å². The molecule has 1 atom stereocenters. The number of hydrogen-bond donors (Lipinski definition) is 1. The summed E-state index contributed by atoms with van der Waals surface area (Å²) in [6.45, 7) is 1.45. The van der Waals surface area contributed by atoms with E-state index in [0.29, 0.717) is 0 Å². The zero-order valence-corrected chi connectivity index (χ0v) is 8.32. The van der Waals surface area contributed by atoms with Crippen molar-refractivity contribution < 1.29 is 18.4 Å². The molecule has 0 saturated heterocycles. The lowest BCUT2D eigenvalue weighted by molar-refractivity contribution is 0.152. The second-order valence-electron chi connectivity index (χ2n) is 3.29. The molecule has 0 fully saturated rings. The first-order chi connectivity index (χ1) is 7.56. The van der Waals surface area contributed by atoms with E-state index in [-0.39, 0.29) is 17.3 Å². The molecule has 1 aromatic heterocycles. The van der Waals surface area contributed by atoms with Crippen LogP contribution < -0.4 is 0 Å². The molecule has 1 N–H and O–H groups in total. The summed E-state index contributed by atoms with van der Waals surface area (Å²) in [5.74, 6) is -1.41. The van der Waals surface area contributed by atoms with Crippen LogP contribution >= 0.6 is 0 Å². The fourth-order valence-corrected chi connectivity index (χ4v) is 1.21. The number of benzene rings is 1. The minimum Gasteiger partial charge on any atom is -0.384 e. The Morgan fingerprint density at radius 2 is 1.88 bits per heavy atom. The first kappa shape index (κ1) is 10.7. The maximum atomic E-state index is 12.9. The number of hydrogen-bond acceptors (Lipinski definition) is 4. The minimum atomic E-state index is -0.917. The van der Waals surface area contributed by atoms with E-state index in [1.165, 1.54) is 6.92 Å². The standard InChI is InChI=1S/C10H8F2N2O2/c1-5(15)10-13-9(14-16-10)6-2-7(11)4-8(12)3-6/h2-5,15H,1H3. The van der Waals surface area contributed by atoms with Crippen LogP contribution in [0.15, 0.2) is 22.7 Å². The summed E-state index contributed by atoms with van der Waals surface area (Å²) in [7, 11) is 0. The molecule has 16 heavy (non-hydrogen) atoms. The lowest BCUT2D eigenvalue weighted by Crippen LogP contribution is -1.91. The number of aliphatic hydroxyl groups excluding tert-OH is 1. The molecule has 6 heteroatoms.